The van der Waals surface area contributed by atoms with Gasteiger partial charge in [0.15, 0.2) is 0 Å². The van der Waals surface area contributed by atoms with Gasteiger partial charge in [0.05, 0.1) is 16.8 Å². The van der Waals surface area contributed by atoms with Crippen molar-refractivity contribution in [3.05, 3.63) is 75.0 Å². The fourth-order valence-corrected chi connectivity index (χ4v) is 5.20. The zero-order valence-corrected chi connectivity index (χ0v) is 23.9. The van der Waals surface area contributed by atoms with Crippen LogP contribution in [0.3, 0.4) is 0 Å². The van der Waals surface area contributed by atoms with E-state index in [0.29, 0.717) is 11.1 Å². The number of carbonyl (C=O) groups is 1. The molecule has 1 aliphatic heterocycles. The standard InChI is InChI=1S/C29H35N7O2.ClH/c1-17(2)36-25-14-22(21-6-7-26(31-15-21)35-10-8-30-9-11-35)13-23(27(25)20(5)34-36)28(37)32-16-24-18(3)12-19(4)33-29(24)38;/h6-7,12-15,17,30H,8-11,16H2,1-5H3,(H,32,37)(H,33,38);1H. The fraction of sp³-hybridized carbons (Fsp3) is 0.379. The van der Waals surface area contributed by atoms with Crippen molar-refractivity contribution in [2.75, 3.05) is 31.1 Å². The molecule has 0 radical (unpaired) electrons. The van der Waals surface area contributed by atoms with Gasteiger partial charge in [0.25, 0.3) is 11.5 Å². The van der Waals surface area contributed by atoms with E-state index in [1.54, 1.807) is 0 Å². The monoisotopic (exact) mass is 549 g/mol. The Balaban J connectivity index is 0.00000353. The molecule has 1 amide bonds. The third-order valence-electron chi connectivity index (χ3n) is 7.16. The number of aromatic amines is 1. The zero-order valence-electron chi connectivity index (χ0n) is 23.1. The highest BCUT2D eigenvalue weighted by Crippen LogP contribution is 2.32. The lowest BCUT2D eigenvalue weighted by atomic mass is 9.99. The molecule has 4 aromatic rings. The van der Waals surface area contributed by atoms with E-state index in [9.17, 15) is 9.59 Å². The van der Waals surface area contributed by atoms with Gasteiger partial charge in [-0.15, -0.1) is 12.4 Å². The van der Waals surface area contributed by atoms with Crippen LogP contribution in [0, 0.1) is 20.8 Å². The first-order valence-electron chi connectivity index (χ1n) is 13.2. The van der Waals surface area contributed by atoms with Crippen LogP contribution in [0.4, 0.5) is 5.82 Å². The Morgan fingerprint density at radius 1 is 1.08 bits per heavy atom. The van der Waals surface area contributed by atoms with E-state index in [1.807, 2.05) is 49.8 Å². The van der Waals surface area contributed by atoms with Gasteiger partial charge in [-0.1, -0.05) is 0 Å². The smallest absolute Gasteiger partial charge is 0.253 e. The van der Waals surface area contributed by atoms with E-state index in [0.717, 1.165) is 71.0 Å². The molecule has 0 unspecified atom stereocenters. The summed E-state index contributed by atoms with van der Waals surface area (Å²) in [6.07, 6.45) is 1.87. The molecule has 3 aromatic heterocycles. The summed E-state index contributed by atoms with van der Waals surface area (Å²) in [7, 11) is 0. The first-order valence-corrected chi connectivity index (χ1v) is 13.2. The molecule has 0 bridgehead atoms. The first-order chi connectivity index (χ1) is 18.2. The molecular weight excluding hydrogens is 514 g/mol. The number of piperazine rings is 1. The van der Waals surface area contributed by atoms with Gasteiger partial charge in [0.1, 0.15) is 5.82 Å². The van der Waals surface area contributed by atoms with Crippen LogP contribution in [0.15, 0.2) is 41.3 Å². The van der Waals surface area contributed by atoms with E-state index in [2.05, 4.69) is 46.5 Å². The Hall–Kier alpha value is -3.69. The highest BCUT2D eigenvalue weighted by atomic mass is 35.5. The van der Waals surface area contributed by atoms with Crippen LogP contribution in [0.5, 0.6) is 0 Å². The van der Waals surface area contributed by atoms with E-state index in [1.165, 1.54) is 0 Å². The lowest BCUT2D eigenvalue weighted by molar-refractivity contribution is 0.0952. The number of carbonyl (C=O) groups excluding carboxylic acids is 1. The first kappa shape index (κ1) is 28.3. The molecule has 1 aliphatic rings. The molecule has 3 N–H and O–H groups in total. The molecule has 5 rings (SSSR count). The second kappa shape index (κ2) is 11.6. The van der Waals surface area contributed by atoms with Crippen molar-refractivity contribution in [3.63, 3.8) is 0 Å². The number of pyridine rings is 2. The number of hydrogen-bond donors (Lipinski definition) is 3. The molecule has 0 aliphatic carbocycles. The molecule has 39 heavy (non-hydrogen) atoms. The summed E-state index contributed by atoms with van der Waals surface area (Å²) >= 11 is 0. The third kappa shape index (κ3) is 5.69. The largest absolute Gasteiger partial charge is 0.354 e. The number of hydrogen-bond acceptors (Lipinski definition) is 6. The van der Waals surface area contributed by atoms with Gasteiger partial charge in [-0.05, 0) is 76.1 Å². The van der Waals surface area contributed by atoms with Gasteiger partial charge < -0.3 is 20.5 Å². The molecule has 1 aromatic carbocycles. The predicted octanol–water partition coefficient (Wildman–Crippen LogP) is 4.05. The van der Waals surface area contributed by atoms with Crippen LogP contribution in [0.25, 0.3) is 22.0 Å². The maximum Gasteiger partial charge on any atom is 0.253 e. The molecule has 1 saturated heterocycles. The summed E-state index contributed by atoms with van der Waals surface area (Å²) in [4.78, 5) is 35.9. The minimum atomic E-state index is -0.243. The number of amides is 1. The second-order valence-corrected chi connectivity index (χ2v) is 10.3. The van der Waals surface area contributed by atoms with Gasteiger partial charge in [-0.2, -0.15) is 5.10 Å². The van der Waals surface area contributed by atoms with Gasteiger partial charge in [-0.3, -0.25) is 14.3 Å². The summed E-state index contributed by atoms with van der Waals surface area (Å²) in [5.74, 6) is 0.712. The molecule has 10 heteroatoms. The van der Waals surface area contributed by atoms with Crippen LogP contribution in [-0.2, 0) is 6.54 Å². The molecule has 0 saturated carbocycles. The number of anilines is 1. The minimum absolute atomic E-state index is 0. The fourth-order valence-electron chi connectivity index (χ4n) is 5.20. The number of nitrogens with zero attached hydrogens (tertiary/aromatic N) is 4. The number of fused-ring (bicyclic) bond motifs is 1. The maximum absolute atomic E-state index is 13.6. The van der Waals surface area contributed by atoms with E-state index in [4.69, 9.17) is 10.1 Å². The predicted molar refractivity (Wildman–Crippen MR) is 158 cm³/mol. The highest BCUT2D eigenvalue weighted by molar-refractivity contribution is 6.09. The number of aromatic nitrogens is 4. The van der Waals surface area contributed by atoms with Crippen molar-refractivity contribution < 1.29 is 4.79 Å². The van der Waals surface area contributed by atoms with Crippen LogP contribution in [-0.4, -0.2) is 51.8 Å². The third-order valence-corrected chi connectivity index (χ3v) is 7.16. The maximum atomic E-state index is 13.6. The lowest BCUT2D eigenvalue weighted by Crippen LogP contribution is -2.43. The van der Waals surface area contributed by atoms with E-state index in [-0.39, 0.29) is 36.5 Å². The van der Waals surface area contributed by atoms with Crippen LogP contribution in [0.2, 0.25) is 0 Å². The Kier molecular flexibility index (Phi) is 8.42. The number of halogens is 1. The van der Waals surface area contributed by atoms with Gasteiger partial charge in [-0.25, -0.2) is 4.98 Å². The summed E-state index contributed by atoms with van der Waals surface area (Å²) in [5, 5.41) is 11.9. The van der Waals surface area contributed by atoms with Gasteiger partial charge in [0.2, 0.25) is 0 Å². The Morgan fingerprint density at radius 3 is 2.46 bits per heavy atom. The zero-order chi connectivity index (χ0) is 27.0. The number of benzene rings is 1. The molecule has 9 nitrogen and oxygen atoms in total. The van der Waals surface area contributed by atoms with Gasteiger partial charge in [0, 0.05) is 67.2 Å². The summed E-state index contributed by atoms with van der Waals surface area (Å²) in [5.41, 5.74) is 6.08. The van der Waals surface area contributed by atoms with Crippen LogP contribution in [0.1, 0.15) is 52.8 Å². The highest BCUT2D eigenvalue weighted by Gasteiger charge is 2.21. The van der Waals surface area contributed by atoms with Crippen molar-refractivity contribution in [2.45, 2.75) is 47.2 Å². The molecule has 206 valence electrons. The molecule has 0 atom stereocenters. The average Bonchev–Trinajstić information content (AvgIpc) is 3.24. The van der Waals surface area contributed by atoms with Crippen molar-refractivity contribution in [1.29, 1.82) is 0 Å². The second-order valence-electron chi connectivity index (χ2n) is 10.3. The average molecular weight is 550 g/mol. The normalized spacial score (nSPS) is 13.5. The number of H-pyrrole nitrogens is 1. The van der Waals surface area contributed by atoms with Crippen molar-refractivity contribution in [1.82, 2.24) is 30.4 Å². The van der Waals surface area contributed by atoms with Crippen molar-refractivity contribution >= 4 is 35.0 Å². The number of rotatable bonds is 6. The topological polar surface area (TPSA) is 108 Å². The Morgan fingerprint density at radius 2 is 1.82 bits per heavy atom. The molecular formula is C29H36ClN7O2. The van der Waals surface area contributed by atoms with Gasteiger partial charge >= 0.3 is 0 Å². The van der Waals surface area contributed by atoms with Crippen LogP contribution >= 0.6 is 12.4 Å². The molecule has 0 spiro atoms. The molecule has 4 heterocycles. The Bertz CT molecular complexity index is 1550. The SMILES string of the molecule is Cc1cc(C)c(CNC(=O)c2cc(-c3ccc(N4CCNCC4)nc3)cc3c2c(C)nn3C(C)C)c(=O)[nH]1.Cl. The molecule has 1 fully saturated rings. The minimum Gasteiger partial charge on any atom is -0.354 e. The van der Waals surface area contributed by atoms with Crippen molar-refractivity contribution in [2.24, 2.45) is 0 Å². The van der Waals surface area contributed by atoms with E-state index >= 15 is 0 Å². The quantitative estimate of drug-likeness (QED) is 0.335. The lowest BCUT2D eigenvalue weighted by Gasteiger charge is -2.28. The van der Waals surface area contributed by atoms with E-state index < -0.39 is 0 Å². The number of aryl methyl sites for hydroxylation is 3. The Labute approximate surface area is 234 Å². The summed E-state index contributed by atoms with van der Waals surface area (Å²) < 4.78 is 1.96. The van der Waals surface area contributed by atoms with Crippen molar-refractivity contribution in [3.8, 4) is 11.1 Å². The summed E-state index contributed by atoms with van der Waals surface area (Å²) in [6.45, 7) is 13.7. The summed E-state index contributed by atoms with van der Waals surface area (Å²) in [6, 6.07) is 10.1. The van der Waals surface area contributed by atoms with Crippen LogP contribution < -0.4 is 21.1 Å². The number of nitrogens with one attached hydrogen (secondary N) is 3.